The maximum Gasteiger partial charge on any atom is 0.333 e. The van der Waals surface area contributed by atoms with Gasteiger partial charge >= 0.3 is 5.69 Å². The largest absolute Gasteiger partial charge is 0.490 e. The summed E-state index contributed by atoms with van der Waals surface area (Å²) >= 11 is 0. The summed E-state index contributed by atoms with van der Waals surface area (Å²) in [6, 6.07) is 5.47. The molecule has 1 N–H and O–H groups in total. The number of hydrogen-bond donors (Lipinski definition) is 1. The third-order valence-electron chi connectivity index (χ3n) is 3.37. The van der Waals surface area contributed by atoms with Gasteiger partial charge in [0.05, 0.1) is 12.0 Å². The van der Waals surface area contributed by atoms with Crippen LogP contribution in [0, 0.1) is 10.1 Å². The third kappa shape index (κ3) is 2.72. The van der Waals surface area contributed by atoms with Gasteiger partial charge in [-0.15, -0.1) is 0 Å². The first-order valence-corrected chi connectivity index (χ1v) is 6.30. The first-order chi connectivity index (χ1) is 8.72. The van der Waals surface area contributed by atoms with Crippen molar-refractivity contribution in [3.63, 3.8) is 0 Å². The number of ether oxygens (including phenoxy) is 1. The highest BCUT2D eigenvalue weighted by Gasteiger charge is 2.23. The Labute approximate surface area is 106 Å². The summed E-state index contributed by atoms with van der Waals surface area (Å²) < 4.78 is 5.05. The minimum absolute atomic E-state index is 0.0329. The standard InChI is InChI=1S/C13H18N2O3/c1-18-12-9-5-8-11(13(12)15(16)17)14-10-6-3-2-4-7-10/h5,8-10,14H,2-4,6-7H2,1H3. The van der Waals surface area contributed by atoms with Crippen LogP contribution >= 0.6 is 0 Å². The molecule has 0 amide bonds. The van der Waals surface area contributed by atoms with Crippen molar-refractivity contribution in [2.45, 2.75) is 38.1 Å². The molecule has 0 atom stereocenters. The molecular formula is C13H18N2O3. The molecule has 0 unspecified atom stereocenters. The molecule has 1 aliphatic carbocycles. The van der Waals surface area contributed by atoms with Gasteiger partial charge in [-0.3, -0.25) is 10.1 Å². The summed E-state index contributed by atoms with van der Waals surface area (Å²) in [7, 11) is 1.45. The molecule has 0 saturated heterocycles. The number of methoxy groups -OCH3 is 1. The van der Waals surface area contributed by atoms with Gasteiger partial charge in [-0.2, -0.15) is 0 Å². The van der Waals surface area contributed by atoms with Crippen molar-refractivity contribution in [1.29, 1.82) is 0 Å². The van der Waals surface area contributed by atoms with E-state index in [1.165, 1.54) is 26.4 Å². The molecule has 1 aliphatic rings. The van der Waals surface area contributed by atoms with Gasteiger partial charge in [0.25, 0.3) is 0 Å². The van der Waals surface area contributed by atoms with Crippen molar-refractivity contribution in [3.05, 3.63) is 28.3 Å². The Morgan fingerprint density at radius 3 is 2.67 bits per heavy atom. The van der Waals surface area contributed by atoms with Gasteiger partial charge in [0.1, 0.15) is 5.69 Å². The van der Waals surface area contributed by atoms with E-state index in [-0.39, 0.29) is 10.6 Å². The molecule has 1 aromatic rings. The van der Waals surface area contributed by atoms with Crippen molar-refractivity contribution in [3.8, 4) is 5.75 Å². The quantitative estimate of drug-likeness (QED) is 0.657. The first-order valence-electron chi connectivity index (χ1n) is 6.30. The molecular weight excluding hydrogens is 232 g/mol. The van der Waals surface area contributed by atoms with Crippen molar-refractivity contribution in [1.82, 2.24) is 0 Å². The maximum absolute atomic E-state index is 11.1. The fraction of sp³-hybridized carbons (Fsp3) is 0.538. The predicted molar refractivity (Wildman–Crippen MR) is 70.1 cm³/mol. The number of nitrogens with zero attached hydrogens (tertiary/aromatic N) is 1. The van der Waals surface area contributed by atoms with Crippen LogP contribution in [-0.2, 0) is 0 Å². The first kappa shape index (κ1) is 12.7. The number of hydrogen-bond acceptors (Lipinski definition) is 4. The molecule has 5 nitrogen and oxygen atoms in total. The smallest absolute Gasteiger partial charge is 0.333 e. The van der Waals surface area contributed by atoms with Crippen LogP contribution in [-0.4, -0.2) is 18.1 Å². The summed E-state index contributed by atoms with van der Waals surface area (Å²) in [5.74, 6) is 0.306. The number of para-hydroxylation sites is 1. The van der Waals surface area contributed by atoms with Gasteiger partial charge in [-0.1, -0.05) is 25.3 Å². The molecule has 0 aromatic heterocycles. The van der Waals surface area contributed by atoms with E-state index in [0.717, 1.165) is 12.8 Å². The Morgan fingerprint density at radius 2 is 2.06 bits per heavy atom. The predicted octanol–water partition coefficient (Wildman–Crippen LogP) is 3.35. The van der Waals surface area contributed by atoms with Crippen LogP contribution in [0.5, 0.6) is 5.75 Å². The molecule has 2 rings (SSSR count). The lowest BCUT2D eigenvalue weighted by Gasteiger charge is -2.23. The highest BCUT2D eigenvalue weighted by molar-refractivity contribution is 5.68. The van der Waals surface area contributed by atoms with Crippen molar-refractivity contribution >= 4 is 11.4 Å². The second-order valence-corrected chi connectivity index (χ2v) is 4.59. The minimum Gasteiger partial charge on any atom is -0.490 e. The lowest BCUT2D eigenvalue weighted by molar-refractivity contribution is -0.384. The van der Waals surface area contributed by atoms with Crippen molar-refractivity contribution in [2.75, 3.05) is 12.4 Å². The molecule has 1 aromatic carbocycles. The van der Waals surface area contributed by atoms with Crippen LogP contribution in [0.1, 0.15) is 32.1 Å². The van der Waals surface area contributed by atoms with Gasteiger partial charge < -0.3 is 10.1 Å². The van der Waals surface area contributed by atoms with Crippen LogP contribution in [0.3, 0.4) is 0 Å². The molecule has 0 spiro atoms. The fourth-order valence-electron chi connectivity index (χ4n) is 2.46. The molecule has 1 fully saturated rings. The lowest BCUT2D eigenvalue weighted by atomic mass is 9.95. The topological polar surface area (TPSA) is 64.4 Å². The highest BCUT2D eigenvalue weighted by Crippen LogP contribution is 2.35. The average molecular weight is 250 g/mol. The monoisotopic (exact) mass is 250 g/mol. The van der Waals surface area contributed by atoms with Crippen LogP contribution < -0.4 is 10.1 Å². The van der Waals surface area contributed by atoms with Crippen LogP contribution in [0.15, 0.2) is 18.2 Å². The molecule has 0 heterocycles. The van der Waals surface area contributed by atoms with Crippen LogP contribution in [0.25, 0.3) is 0 Å². The maximum atomic E-state index is 11.1. The van der Waals surface area contributed by atoms with Gasteiger partial charge in [-0.05, 0) is 25.0 Å². The van der Waals surface area contributed by atoms with Gasteiger partial charge in [0.15, 0.2) is 5.75 Å². The Morgan fingerprint density at radius 1 is 1.33 bits per heavy atom. The van der Waals surface area contributed by atoms with Crippen molar-refractivity contribution in [2.24, 2.45) is 0 Å². The second kappa shape index (κ2) is 5.71. The van der Waals surface area contributed by atoms with E-state index in [1.807, 2.05) is 0 Å². The van der Waals surface area contributed by atoms with Gasteiger partial charge in [0.2, 0.25) is 0 Å². The van der Waals surface area contributed by atoms with E-state index >= 15 is 0 Å². The summed E-state index contributed by atoms with van der Waals surface area (Å²) in [6.07, 6.45) is 5.80. The minimum atomic E-state index is -0.385. The Balaban J connectivity index is 2.23. The number of benzene rings is 1. The van der Waals surface area contributed by atoms with E-state index in [1.54, 1.807) is 18.2 Å². The molecule has 0 bridgehead atoms. The van der Waals surface area contributed by atoms with Gasteiger partial charge in [-0.25, -0.2) is 0 Å². The van der Waals surface area contributed by atoms with E-state index in [4.69, 9.17) is 4.74 Å². The number of nitro groups is 1. The number of anilines is 1. The molecule has 1 saturated carbocycles. The Kier molecular flexibility index (Phi) is 4.02. The molecule has 98 valence electrons. The van der Waals surface area contributed by atoms with Crippen LogP contribution in [0.4, 0.5) is 11.4 Å². The SMILES string of the molecule is COc1cccc(NC2CCCCC2)c1[N+](=O)[O-]. The zero-order valence-electron chi connectivity index (χ0n) is 10.5. The molecule has 5 heteroatoms. The van der Waals surface area contributed by atoms with E-state index < -0.39 is 0 Å². The summed E-state index contributed by atoms with van der Waals surface area (Å²) in [5, 5.41) is 14.4. The summed E-state index contributed by atoms with van der Waals surface area (Å²) in [5.41, 5.74) is 0.594. The van der Waals surface area contributed by atoms with E-state index in [2.05, 4.69) is 5.32 Å². The van der Waals surface area contributed by atoms with E-state index in [0.29, 0.717) is 17.5 Å². The third-order valence-corrected chi connectivity index (χ3v) is 3.37. The molecule has 0 aliphatic heterocycles. The zero-order valence-corrected chi connectivity index (χ0v) is 10.5. The van der Waals surface area contributed by atoms with E-state index in [9.17, 15) is 10.1 Å². The lowest BCUT2D eigenvalue weighted by Crippen LogP contribution is -2.22. The highest BCUT2D eigenvalue weighted by atomic mass is 16.6. The summed E-state index contributed by atoms with van der Waals surface area (Å²) in [4.78, 5) is 10.7. The number of nitro benzene ring substituents is 1. The average Bonchev–Trinajstić information content (AvgIpc) is 2.39. The zero-order chi connectivity index (χ0) is 13.0. The Hall–Kier alpha value is -1.78. The summed E-state index contributed by atoms with van der Waals surface area (Å²) in [6.45, 7) is 0. The second-order valence-electron chi connectivity index (χ2n) is 4.59. The van der Waals surface area contributed by atoms with Crippen molar-refractivity contribution < 1.29 is 9.66 Å². The normalized spacial score (nSPS) is 16.3. The van der Waals surface area contributed by atoms with Gasteiger partial charge in [0, 0.05) is 6.04 Å². The Bertz CT molecular complexity index is 428. The fourth-order valence-corrected chi connectivity index (χ4v) is 2.46. The number of rotatable bonds is 4. The number of nitrogens with one attached hydrogen (secondary N) is 1. The molecule has 0 radical (unpaired) electrons. The molecule has 18 heavy (non-hydrogen) atoms. The van der Waals surface area contributed by atoms with Crippen LogP contribution in [0.2, 0.25) is 0 Å².